The van der Waals surface area contributed by atoms with Crippen molar-refractivity contribution in [2.24, 2.45) is 0 Å². The number of benzene rings is 1. The minimum Gasteiger partial charge on any atom is -0.494 e. The molecule has 4 aromatic rings. The molecule has 0 saturated carbocycles. The van der Waals surface area contributed by atoms with E-state index in [1.54, 1.807) is 29.4 Å². The number of pyridine rings is 1. The summed E-state index contributed by atoms with van der Waals surface area (Å²) in [6.07, 6.45) is 5.54. The van der Waals surface area contributed by atoms with Gasteiger partial charge in [0.25, 0.3) is 11.8 Å². The summed E-state index contributed by atoms with van der Waals surface area (Å²) in [7, 11) is 0. The van der Waals surface area contributed by atoms with E-state index in [0.29, 0.717) is 42.8 Å². The Morgan fingerprint density at radius 2 is 1.97 bits per heavy atom. The molecule has 3 aromatic heterocycles. The van der Waals surface area contributed by atoms with Crippen molar-refractivity contribution in [2.75, 3.05) is 6.61 Å². The van der Waals surface area contributed by atoms with Gasteiger partial charge in [-0.15, -0.1) is 0 Å². The van der Waals surface area contributed by atoms with Crippen LogP contribution < -0.4 is 10.1 Å². The number of aryl methyl sites for hydroxylation is 1. The van der Waals surface area contributed by atoms with Gasteiger partial charge in [-0.05, 0) is 36.8 Å². The van der Waals surface area contributed by atoms with Gasteiger partial charge in [0.1, 0.15) is 23.6 Å². The fourth-order valence-electron chi connectivity index (χ4n) is 2.89. The van der Waals surface area contributed by atoms with Crippen LogP contribution in [0.2, 0.25) is 0 Å². The van der Waals surface area contributed by atoms with Gasteiger partial charge in [0, 0.05) is 25.4 Å². The smallest absolute Gasteiger partial charge is 0.271 e. The number of rotatable bonds is 8. The molecule has 3 heterocycles. The van der Waals surface area contributed by atoms with Gasteiger partial charge in [0.05, 0.1) is 12.2 Å². The Bertz CT molecular complexity index is 1150. The Labute approximate surface area is 179 Å². The zero-order valence-corrected chi connectivity index (χ0v) is 17.3. The van der Waals surface area contributed by atoms with Gasteiger partial charge >= 0.3 is 0 Å². The van der Waals surface area contributed by atoms with Crippen molar-refractivity contribution in [1.82, 2.24) is 30.0 Å². The summed E-state index contributed by atoms with van der Waals surface area (Å²) in [6.45, 7) is 4.91. The summed E-state index contributed by atoms with van der Waals surface area (Å²) in [5.74, 6) is 2.24. The lowest BCUT2D eigenvalue weighted by atomic mass is 10.2. The van der Waals surface area contributed by atoms with Crippen molar-refractivity contribution in [3.8, 4) is 23.0 Å². The first-order chi connectivity index (χ1) is 15.2. The molecule has 0 aliphatic rings. The van der Waals surface area contributed by atoms with Crippen molar-refractivity contribution >= 4 is 5.91 Å². The van der Waals surface area contributed by atoms with E-state index in [0.717, 1.165) is 16.9 Å². The van der Waals surface area contributed by atoms with Crippen molar-refractivity contribution in [1.29, 1.82) is 0 Å². The number of amides is 1. The molecule has 0 radical (unpaired) electrons. The fraction of sp³-hybridized carbons (Fsp3) is 0.227. The zero-order chi connectivity index (χ0) is 21.6. The standard InChI is InChI=1S/C22H22N6O3/c1-3-19-26-22(31-27-19)16-7-10-20(23-12-16)28-13-18(25-14-28)21(29)24-11-15-5-8-17(9-6-15)30-4-2/h5-10,12-14H,3-4,11H2,1-2H3,(H,24,29). The second-order valence-electron chi connectivity index (χ2n) is 6.70. The molecule has 0 saturated heterocycles. The van der Waals surface area contributed by atoms with Crippen LogP contribution in [0.15, 0.2) is 59.6 Å². The molecule has 0 aliphatic carbocycles. The third-order valence-corrected chi connectivity index (χ3v) is 4.55. The highest BCUT2D eigenvalue weighted by atomic mass is 16.5. The van der Waals surface area contributed by atoms with Crippen molar-refractivity contribution in [2.45, 2.75) is 26.8 Å². The van der Waals surface area contributed by atoms with E-state index in [1.807, 2.05) is 44.2 Å². The quantitative estimate of drug-likeness (QED) is 0.468. The van der Waals surface area contributed by atoms with Crippen LogP contribution >= 0.6 is 0 Å². The van der Waals surface area contributed by atoms with Crippen LogP contribution in [0.25, 0.3) is 17.3 Å². The first-order valence-electron chi connectivity index (χ1n) is 9.99. The molecule has 9 heteroatoms. The molecule has 9 nitrogen and oxygen atoms in total. The van der Waals surface area contributed by atoms with Crippen molar-refractivity contribution in [3.63, 3.8) is 0 Å². The van der Waals surface area contributed by atoms with Crippen molar-refractivity contribution in [3.05, 3.63) is 72.2 Å². The molecule has 1 aromatic carbocycles. The number of hydrogen-bond acceptors (Lipinski definition) is 7. The first kappa shape index (κ1) is 20.3. The molecule has 4 rings (SSSR count). The molecular formula is C22H22N6O3. The highest BCUT2D eigenvalue weighted by Crippen LogP contribution is 2.18. The number of nitrogens with one attached hydrogen (secondary N) is 1. The number of nitrogens with zero attached hydrogens (tertiary/aromatic N) is 5. The maximum absolute atomic E-state index is 12.4. The lowest BCUT2D eigenvalue weighted by Gasteiger charge is -2.06. The third kappa shape index (κ3) is 4.77. The monoisotopic (exact) mass is 418 g/mol. The van der Waals surface area contributed by atoms with Crippen LogP contribution in [-0.4, -0.2) is 37.2 Å². The van der Waals surface area contributed by atoms with Gasteiger partial charge in [0.2, 0.25) is 0 Å². The Morgan fingerprint density at radius 3 is 2.65 bits per heavy atom. The third-order valence-electron chi connectivity index (χ3n) is 4.55. The lowest BCUT2D eigenvalue weighted by molar-refractivity contribution is 0.0946. The van der Waals surface area contributed by atoms with Gasteiger partial charge in [-0.3, -0.25) is 9.36 Å². The average molecular weight is 418 g/mol. The lowest BCUT2D eigenvalue weighted by Crippen LogP contribution is -2.23. The molecule has 0 aliphatic heterocycles. The second kappa shape index (κ2) is 9.21. The highest BCUT2D eigenvalue weighted by molar-refractivity contribution is 5.92. The molecule has 31 heavy (non-hydrogen) atoms. The normalized spacial score (nSPS) is 10.8. The number of carbonyl (C=O) groups excluding carboxylic acids is 1. The summed E-state index contributed by atoms with van der Waals surface area (Å²) < 4.78 is 12.3. The molecule has 0 fully saturated rings. The van der Waals surface area contributed by atoms with Crippen LogP contribution in [0.1, 0.15) is 35.7 Å². The highest BCUT2D eigenvalue weighted by Gasteiger charge is 2.12. The predicted octanol–water partition coefficient (Wildman–Crippen LogP) is 3.21. The van der Waals surface area contributed by atoms with Gasteiger partial charge in [0.15, 0.2) is 5.82 Å². The van der Waals surface area contributed by atoms with Crippen LogP contribution in [0.3, 0.4) is 0 Å². The van der Waals surface area contributed by atoms with E-state index in [2.05, 4.69) is 25.4 Å². The number of ether oxygens (including phenoxy) is 1. The maximum atomic E-state index is 12.4. The molecule has 1 N–H and O–H groups in total. The largest absolute Gasteiger partial charge is 0.494 e. The van der Waals surface area contributed by atoms with Crippen molar-refractivity contribution < 1.29 is 14.1 Å². The Kier molecular flexibility index (Phi) is 6.02. The summed E-state index contributed by atoms with van der Waals surface area (Å²) >= 11 is 0. The topological polar surface area (TPSA) is 108 Å². The Balaban J connectivity index is 1.38. The maximum Gasteiger partial charge on any atom is 0.271 e. The van der Waals surface area contributed by atoms with E-state index < -0.39 is 0 Å². The summed E-state index contributed by atoms with van der Waals surface area (Å²) in [6, 6.07) is 11.2. The van der Waals surface area contributed by atoms with Gasteiger partial charge in [-0.2, -0.15) is 4.98 Å². The predicted molar refractivity (Wildman–Crippen MR) is 113 cm³/mol. The zero-order valence-electron chi connectivity index (χ0n) is 17.3. The fourth-order valence-corrected chi connectivity index (χ4v) is 2.89. The number of hydrogen-bond donors (Lipinski definition) is 1. The van der Waals surface area contributed by atoms with E-state index in [1.165, 1.54) is 0 Å². The number of aromatic nitrogens is 5. The first-order valence-corrected chi connectivity index (χ1v) is 9.99. The van der Waals surface area contributed by atoms with Gasteiger partial charge in [-0.1, -0.05) is 24.2 Å². The van der Waals surface area contributed by atoms with Crippen LogP contribution in [-0.2, 0) is 13.0 Å². The molecule has 0 spiro atoms. The van der Waals surface area contributed by atoms with Gasteiger partial charge < -0.3 is 14.6 Å². The second-order valence-corrected chi connectivity index (χ2v) is 6.70. The summed E-state index contributed by atoms with van der Waals surface area (Å²) in [5.41, 5.74) is 2.01. The average Bonchev–Trinajstić information content (AvgIpc) is 3.49. The molecule has 1 amide bonds. The Morgan fingerprint density at radius 1 is 1.13 bits per heavy atom. The van der Waals surface area contributed by atoms with E-state index in [-0.39, 0.29) is 5.91 Å². The minimum atomic E-state index is -0.262. The van der Waals surface area contributed by atoms with Crippen LogP contribution in [0.5, 0.6) is 5.75 Å². The molecular weight excluding hydrogens is 396 g/mol. The van der Waals surface area contributed by atoms with Gasteiger partial charge in [-0.25, -0.2) is 9.97 Å². The number of imidazole rings is 1. The number of carbonyl (C=O) groups is 1. The summed E-state index contributed by atoms with van der Waals surface area (Å²) in [5, 5.41) is 6.75. The SMILES string of the molecule is CCOc1ccc(CNC(=O)c2cn(-c3ccc(-c4nc(CC)no4)cn3)cn2)cc1. The van der Waals surface area contributed by atoms with Crippen LogP contribution in [0, 0.1) is 0 Å². The molecule has 158 valence electrons. The Hall–Kier alpha value is -4.01. The minimum absolute atomic E-state index is 0.262. The molecule has 0 bridgehead atoms. The van der Waals surface area contributed by atoms with E-state index >= 15 is 0 Å². The van der Waals surface area contributed by atoms with Crippen LogP contribution in [0.4, 0.5) is 0 Å². The van der Waals surface area contributed by atoms with E-state index in [4.69, 9.17) is 9.26 Å². The summed E-state index contributed by atoms with van der Waals surface area (Å²) in [4.78, 5) is 25.3. The molecule has 0 atom stereocenters. The molecule has 0 unspecified atom stereocenters. The van der Waals surface area contributed by atoms with E-state index in [9.17, 15) is 4.79 Å².